The van der Waals surface area contributed by atoms with E-state index in [1.54, 1.807) is 27.7 Å². The van der Waals surface area contributed by atoms with Crippen molar-refractivity contribution >= 4 is 12.1 Å². The molecule has 6 nitrogen and oxygen atoms in total. The first-order chi connectivity index (χ1) is 9.30. The normalized spacial score (nSPS) is 22.8. The molecular formula is C14H25NO5. The lowest BCUT2D eigenvalue weighted by Crippen LogP contribution is -2.48. The van der Waals surface area contributed by atoms with Gasteiger partial charge in [0.25, 0.3) is 0 Å². The fourth-order valence-electron chi connectivity index (χ4n) is 2.38. The van der Waals surface area contributed by atoms with Crippen molar-refractivity contribution in [1.29, 1.82) is 0 Å². The van der Waals surface area contributed by atoms with E-state index in [1.807, 2.05) is 0 Å². The standard InChI is InChI=1S/C14H25NO5/c1-5-19-12(17)11-7-6-10(8-9-16)15(11)13(18)20-14(2,3)4/h10-11,16H,5-9H2,1-4H3/t10-,11-/m1/s1. The molecule has 0 radical (unpaired) electrons. The maximum atomic E-state index is 12.3. The number of aliphatic hydroxyl groups excluding tert-OH is 1. The van der Waals surface area contributed by atoms with E-state index in [9.17, 15) is 9.59 Å². The predicted octanol–water partition coefficient (Wildman–Crippen LogP) is 1.70. The number of aliphatic hydroxyl groups is 1. The molecule has 0 aliphatic carbocycles. The molecule has 0 aromatic rings. The van der Waals surface area contributed by atoms with Crippen molar-refractivity contribution in [3.8, 4) is 0 Å². The predicted molar refractivity (Wildman–Crippen MR) is 73.2 cm³/mol. The number of rotatable bonds is 4. The molecule has 0 aromatic heterocycles. The lowest BCUT2D eigenvalue weighted by atomic mass is 10.1. The molecule has 1 rings (SSSR count). The van der Waals surface area contributed by atoms with E-state index in [1.165, 1.54) is 4.90 Å². The molecule has 1 amide bonds. The fraction of sp³-hybridized carbons (Fsp3) is 0.857. The number of carbonyl (C=O) groups is 2. The average molecular weight is 287 g/mol. The highest BCUT2D eigenvalue weighted by atomic mass is 16.6. The number of nitrogens with zero attached hydrogens (tertiary/aromatic N) is 1. The number of carbonyl (C=O) groups excluding carboxylic acids is 2. The zero-order valence-electron chi connectivity index (χ0n) is 12.7. The number of amides is 1. The lowest BCUT2D eigenvalue weighted by Gasteiger charge is -2.31. The molecule has 6 heteroatoms. The Morgan fingerprint density at radius 3 is 2.45 bits per heavy atom. The molecule has 0 saturated carbocycles. The summed E-state index contributed by atoms with van der Waals surface area (Å²) in [5.41, 5.74) is -0.622. The van der Waals surface area contributed by atoms with Crippen molar-refractivity contribution in [1.82, 2.24) is 4.90 Å². The number of likely N-dealkylation sites (tertiary alicyclic amines) is 1. The van der Waals surface area contributed by atoms with Gasteiger partial charge in [-0.25, -0.2) is 9.59 Å². The van der Waals surface area contributed by atoms with Gasteiger partial charge in [0.05, 0.1) is 6.61 Å². The van der Waals surface area contributed by atoms with Crippen molar-refractivity contribution in [2.24, 2.45) is 0 Å². The molecule has 0 bridgehead atoms. The highest BCUT2D eigenvalue weighted by Crippen LogP contribution is 2.29. The Balaban J connectivity index is 2.85. The molecule has 0 aromatic carbocycles. The minimum absolute atomic E-state index is 0.0283. The maximum absolute atomic E-state index is 12.3. The Bertz CT molecular complexity index is 350. The lowest BCUT2D eigenvalue weighted by molar-refractivity contribution is -0.148. The van der Waals surface area contributed by atoms with E-state index in [-0.39, 0.29) is 19.3 Å². The molecule has 20 heavy (non-hydrogen) atoms. The molecule has 1 saturated heterocycles. The SMILES string of the molecule is CCOC(=O)[C@H]1CC[C@H](CCO)N1C(=O)OC(C)(C)C. The first-order valence-corrected chi connectivity index (χ1v) is 7.09. The summed E-state index contributed by atoms with van der Waals surface area (Å²) in [6.45, 7) is 7.32. The monoisotopic (exact) mass is 287 g/mol. The minimum atomic E-state index is -0.622. The third-order valence-corrected chi connectivity index (χ3v) is 3.13. The summed E-state index contributed by atoms with van der Waals surface area (Å²) < 4.78 is 10.4. The summed E-state index contributed by atoms with van der Waals surface area (Å²) >= 11 is 0. The number of hydrogen-bond acceptors (Lipinski definition) is 5. The van der Waals surface area contributed by atoms with E-state index in [4.69, 9.17) is 14.6 Å². The Labute approximate surface area is 120 Å². The smallest absolute Gasteiger partial charge is 0.411 e. The van der Waals surface area contributed by atoms with E-state index in [0.29, 0.717) is 19.3 Å². The van der Waals surface area contributed by atoms with Gasteiger partial charge in [-0.2, -0.15) is 0 Å². The molecule has 2 atom stereocenters. The van der Waals surface area contributed by atoms with Crippen LogP contribution in [0.1, 0.15) is 47.0 Å². The van der Waals surface area contributed by atoms with Crippen molar-refractivity contribution in [3.05, 3.63) is 0 Å². The van der Waals surface area contributed by atoms with E-state index in [0.717, 1.165) is 0 Å². The molecule has 1 aliphatic heterocycles. The van der Waals surface area contributed by atoms with Crippen molar-refractivity contribution in [2.75, 3.05) is 13.2 Å². The van der Waals surface area contributed by atoms with Gasteiger partial charge >= 0.3 is 12.1 Å². The van der Waals surface area contributed by atoms with Crippen LogP contribution in [0.25, 0.3) is 0 Å². The third-order valence-electron chi connectivity index (χ3n) is 3.13. The summed E-state index contributed by atoms with van der Waals surface area (Å²) in [7, 11) is 0. The molecule has 1 aliphatic rings. The molecule has 1 N–H and O–H groups in total. The van der Waals surface area contributed by atoms with Crippen LogP contribution in [0.4, 0.5) is 4.79 Å². The van der Waals surface area contributed by atoms with Crippen LogP contribution in [0.5, 0.6) is 0 Å². The first kappa shape index (κ1) is 16.8. The first-order valence-electron chi connectivity index (χ1n) is 7.09. The zero-order valence-corrected chi connectivity index (χ0v) is 12.7. The number of hydrogen-bond donors (Lipinski definition) is 1. The summed E-state index contributed by atoms with van der Waals surface area (Å²) in [5.74, 6) is -0.404. The third kappa shape index (κ3) is 4.37. The van der Waals surface area contributed by atoms with Crippen LogP contribution in [0.15, 0.2) is 0 Å². The van der Waals surface area contributed by atoms with Crippen LogP contribution < -0.4 is 0 Å². The number of ether oxygens (including phenoxy) is 2. The summed E-state index contributed by atoms with van der Waals surface area (Å²) in [6, 6.07) is -0.786. The van der Waals surface area contributed by atoms with E-state index in [2.05, 4.69) is 0 Å². The van der Waals surface area contributed by atoms with Crippen LogP contribution in [0, 0.1) is 0 Å². The zero-order chi connectivity index (χ0) is 15.3. The topological polar surface area (TPSA) is 76.1 Å². The highest BCUT2D eigenvalue weighted by molar-refractivity contribution is 5.82. The van der Waals surface area contributed by atoms with Crippen molar-refractivity contribution in [2.45, 2.75) is 64.6 Å². The second-order valence-electron chi connectivity index (χ2n) is 5.90. The van der Waals surface area contributed by atoms with E-state index >= 15 is 0 Å². The van der Waals surface area contributed by atoms with Gasteiger partial charge in [-0.1, -0.05) is 0 Å². The minimum Gasteiger partial charge on any atom is -0.464 e. The second kappa shape index (κ2) is 6.92. The van der Waals surface area contributed by atoms with Crippen LogP contribution in [-0.4, -0.2) is 53.0 Å². The maximum Gasteiger partial charge on any atom is 0.411 e. The van der Waals surface area contributed by atoms with Crippen LogP contribution in [0.3, 0.4) is 0 Å². The summed E-state index contributed by atoms with van der Waals surface area (Å²) in [4.78, 5) is 25.7. The van der Waals surface area contributed by atoms with E-state index < -0.39 is 23.7 Å². The summed E-state index contributed by atoms with van der Waals surface area (Å²) in [6.07, 6.45) is 1.13. The highest BCUT2D eigenvalue weighted by Gasteiger charge is 2.43. The average Bonchev–Trinajstić information content (AvgIpc) is 2.71. The van der Waals surface area contributed by atoms with Gasteiger partial charge in [0.15, 0.2) is 0 Å². The van der Waals surface area contributed by atoms with Gasteiger partial charge < -0.3 is 14.6 Å². The number of esters is 1. The Kier molecular flexibility index (Phi) is 5.80. The quantitative estimate of drug-likeness (QED) is 0.796. The molecule has 0 unspecified atom stereocenters. The summed E-state index contributed by atoms with van der Waals surface area (Å²) in [5, 5.41) is 9.09. The molecule has 116 valence electrons. The Morgan fingerprint density at radius 1 is 1.30 bits per heavy atom. The van der Waals surface area contributed by atoms with Gasteiger partial charge in [-0.3, -0.25) is 4.90 Å². The van der Waals surface area contributed by atoms with Crippen LogP contribution in [0.2, 0.25) is 0 Å². The Morgan fingerprint density at radius 2 is 1.95 bits per heavy atom. The van der Waals surface area contributed by atoms with Crippen molar-refractivity contribution in [3.63, 3.8) is 0 Å². The fourth-order valence-corrected chi connectivity index (χ4v) is 2.38. The Hall–Kier alpha value is -1.30. The van der Waals surface area contributed by atoms with Gasteiger partial charge in [0, 0.05) is 12.6 Å². The van der Waals surface area contributed by atoms with Crippen LogP contribution in [-0.2, 0) is 14.3 Å². The van der Waals surface area contributed by atoms with Gasteiger partial charge in [-0.05, 0) is 47.0 Å². The van der Waals surface area contributed by atoms with Gasteiger partial charge in [0.1, 0.15) is 11.6 Å². The molecule has 0 spiro atoms. The molecule has 1 fully saturated rings. The molecule has 1 heterocycles. The van der Waals surface area contributed by atoms with Crippen molar-refractivity contribution < 1.29 is 24.2 Å². The largest absolute Gasteiger partial charge is 0.464 e. The van der Waals surface area contributed by atoms with Gasteiger partial charge in [-0.15, -0.1) is 0 Å². The molecular weight excluding hydrogens is 262 g/mol. The van der Waals surface area contributed by atoms with Gasteiger partial charge in [0.2, 0.25) is 0 Å². The van der Waals surface area contributed by atoms with Crippen LogP contribution >= 0.6 is 0 Å². The second-order valence-corrected chi connectivity index (χ2v) is 5.90.